The predicted octanol–water partition coefficient (Wildman–Crippen LogP) is 3.95. The molecule has 0 saturated carbocycles. The lowest BCUT2D eigenvalue weighted by molar-refractivity contribution is 0.499. The van der Waals surface area contributed by atoms with Crippen LogP contribution in [0.1, 0.15) is 36.1 Å². The number of nitrogens with zero attached hydrogens (tertiary/aromatic N) is 1. The van der Waals surface area contributed by atoms with Gasteiger partial charge in [-0.25, -0.2) is 8.78 Å². The van der Waals surface area contributed by atoms with Crippen molar-refractivity contribution in [3.63, 3.8) is 0 Å². The topological polar surface area (TPSA) is 24.9 Å². The maximum Gasteiger partial charge on any atom is 0.159 e. The monoisotopic (exact) mass is 290 g/mol. The van der Waals surface area contributed by atoms with Gasteiger partial charge >= 0.3 is 0 Å². The average Bonchev–Trinajstić information content (AvgIpc) is 2.48. The molecule has 0 fully saturated rings. The van der Waals surface area contributed by atoms with Crippen molar-refractivity contribution in [2.75, 3.05) is 6.54 Å². The second-order valence-electron chi connectivity index (χ2n) is 5.19. The number of hydrogen-bond acceptors (Lipinski definition) is 2. The molecule has 0 spiro atoms. The highest BCUT2D eigenvalue weighted by molar-refractivity contribution is 5.28. The summed E-state index contributed by atoms with van der Waals surface area (Å²) in [5.41, 5.74) is 3.00. The SMILES string of the molecule is CCCNC(Cc1ccc(F)c(F)c1)c1cnccc1C. The lowest BCUT2D eigenvalue weighted by atomic mass is 9.97. The van der Waals surface area contributed by atoms with E-state index in [1.807, 2.05) is 19.2 Å². The van der Waals surface area contributed by atoms with E-state index in [9.17, 15) is 8.78 Å². The molecule has 1 N–H and O–H groups in total. The molecule has 21 heavy (non-hydrogen) atoms. The van der Waals surface area contributed by atoms with Crippen LogP contribution >= 0.6 is 0 Å². The quantitative estimate of drug-likeness (QED) is 0.871. The molecule has 1 heterocycles. The summed E-state index contributed by atoms with van der Waals surface area (Å²) in [6.07, 6.45) is 5.20. The van der Waals surface area contributed by atoms with Gasteiger partial charge in [0, 0.05) is 18.4 Å². The summed E-state index contributed by atoms with van der Waals surface area (Å²) in [5.74, 6) is -1.61. The van der Waals surface area contributed by atoms with Gasteiger partial charge in [-0.3, -0.25) is 4.98 Å². The zero-order chi connectivity index (χ0) is 15.2. The number of benzene rings is 1. The highest BCUT2D eigenvalue weighted by atomic mass is 19.2. The van der Waals surface area contributed by atoms with Gasteiger partial charge in [0.1, 0.15) is 0 Å². The number of aryl methyl sites for hydroxylation is 1. The van der Waals surface area contributed by atoms with Crippen molar-refractivity contribution in [2.45, 2.75) is 32.7 Å². The minimum absolute atomic E-state index is 0.0449. The number of hydrogen-bond donors (Lipinski definition) is 1. The lowest BCUT2D eigenvalue weighted by Crippen LogP contribution is -2.25. The molecule has 1 atom stereocenters. The van der Waals surface area contributed by atoms with Crippen LogP contribution in [0.5, 0.6) is 0 Å². The highest BCUT2D eigenvalue weighted by Gasteiger charge is 2.15. The standard InChI is InChI=1S/C17H20F2N2/c1-3-7-21-17(14-11-20-8-6-12(14)2)10-13-4-5-15(18)16(19)9-13/h4-6,8-9,11,17,21H,3,7,10H2,1-2H3. The van der Waals surface area contributed by atoms with Crippen molar-refractivity contribution < 1.29 is 8.78 Å². The van der Waals surface area contributed by atoms with Crippen molar-refractivity contribution in [3.8, 4) is 0 Å². The first-order valence-corrected chi connectivity index (χ1v) is 7.19. The molecule has 0 aliphatic carbocycles. The van der Waals surface area contributed by atoms with E-state index in [-0.39, 0.29) is 6.04 Å². The third-order valence-electron chi connectivity index (χ3n) is 3.52. The van der Waals surface area contributed by atoms with E-state index in [0.717, 1.165) is 29.7 Å². The molecule has 0 bridgehead atoms. The van der Waals surface area contributed by atoms with E-state index < -0.39 is 11.6 Å². The minimum atomic E-state index is -0.811. The van der Waals surface area contributed by atoms with E-state index in [0.29, 0.717) is 6.42 Å². The van der Waals surface area contributed by atoms with Gasteiger partial charge in [0.25, 0.3) is 0 Å². The first-order chi connectivity index (χ1) is 10.1. The molecule has 1 aromatic carbocycles. The Balaban J connectivity index is 2.24. The Hall–Kier alpha value is -1.81. The molecule has 0 saturated heterocycles. The van der Waals surface area contributed by atoms with Gasteiger partial charge < -0.3 is 5.32 Å². The Morgan fingerprint density at radius 1 is 1.19 bits per heavy atom. The maximum absolute atomic E-state index is 13.4. The second kappa shape index (κ2) is 7.27. The van der Waals surface area contributed by atoms with E-state index in [1.54, 1.807) is 12.3 Å². The summed E-state index contributed by atoms with van der Waals surface area (Å²) in [6, 6.07) is 6.08. The Kier molecular flexibility index (Phi) is 5.39. The van der Waals surface area contributed by atoms with Gasteiger partial charge in [0.15, 0.2) is 11.6 Å². The van der Waals surface area contributed by atoms with Crippen molar-refractivity contribution in [3.05, 3.63) is 65.0 Å². The normalized spacial score (nSPS) is 12.4. The maximum atomic E-state index is 13.4. The molecule has 0 aliphatic heterocycles. The Morgan fingerprint density at radius 2 is 2.00 bits per heavy atom. The lowest BCUT2D eigenvalue weighted by Gasteiger charge is -2.20. The third kappa shape index (κ3) is 4.08. The third-order valence-corrected chi connectivity index (χ3v) is 3.52. The molecular formula is C17H20F2N2. The predicted molar refractivity (Wildman–Crippen MR) is 80.1 cm³/mol. The van der Waals surface area contributed by atoms with Gasteiger partial charge in [-0.2, -0.15) is 0 Å². The fourth-order valence-corrected chi connectivity index (χ4v) is 2.35. The zero-order valence-electron chi connectivity index (χ0n) is 12.4. The fraction of sp³-hybridized carbons (Fsp3) is 0.353. The summed E-state index contributed by atoms with van der Waals surface area (Å²) in [4.78, 5) is 4.17. The molecular weight excluding hydrogens is 270 g/mol. The van der Waals surface area contributed by atoms with Crippen molar-refractivity contribution in [1.82, 2.24) is 10.3 Å². The molecule has 0 aliphatic rings. The number of aromatic nitrogens is 1. The molecule has 0 radical (unpaired) electrons. The van der Waals surface area contributed by atoms with Crippen molar-refractivity contribution in [2.24, 2.45) is 0 Å². The molecule has 112 valence electrons. The van der Waals surface area contributed by atoms with Crippen LogP contribution < -0.4 is 5.32 Å². The van der Waals surface area contributed by atoms with Crippen molar-refractivity contribution >= 4 is 0 Å². The smallest absolute Gasteiger partial charge is 0.159 e. The molecule has 2 nitrogen and oxygen atoms in total. The van der Waals surface area contributed by atoms with Crippen LogP contribution in [0.3, 0.4) is 0 Å². The van der Waals surface area contributed by atoms with Gasteiger partial charge in [-0.05, 0) is 61.2 Å². The number of rotatable bonds is 6. The second-order valence-corrected chi connectivity index (χ2v) is 5.19. The number of nitrogens with one attached hydrogen (secondary N) is 1. The molecule has 0 amide bonds. The van der Waals surface area contributed by atoms with Crippen LogP contribution in [0.25, 0.3) is 0 Å². The average molecular weight is 290 g/mol. The Morgan fingerprint density at radius 3 is 2.67 bits per heavy atom. The zero-order valence-corrected chi connectivity index (χ0v) is 12.4. The molecule has 4 heteroatoms. The first kappa shape index (κ1) is 15.6. The van der Waals surface area contributed by atoms with E-state index in [1.165, 1.54) is 12.1 Å². The van der Waals surface area contributed by atoms with Crippen LogP contribution in [0.15, 0.2) is 36.7 Å². The summed E-state index contributed by atoms with van der Waals surface area (Å²) in [6.45, 7) is 4.99. The summed E-state index contributed by atoms with van der Waals surface area (Å²) in [7, 11) is 0. The minimum Gasteiger partial charge on any atom is -0.310 e. The number of halogens is 2. The largest absolute Gasteiger partial charge is 0.310 e. The summed E-state index contributed by atoms with van der Waals surface area (Å²) >= 11 is 0. The highest BCUT2D eigenvalue weighted by Crippen LogP contribution is 2.22. The first-order valence-electron chi connectivity index (χ1n) is 7.19. The van der Waals surface area contributed by atoms with Gasteiger partial charge in [0.2, 0.25) is 0 Å². The molecule has 2 aromatic rings. The van der Waals surface area contributed by atoms with Crippen LogP contribution in [-0.2, 0) is 6.42 Å². The summed E-state index contributed by atoms with van der Waals surface area (Å²) < 4.78 is 26.4. The van der Waals surface area contributed by atoms with E-state index in [4.69, 9.17) is 0 Å². The Labute approximate surface area is 124 Å². The van der Waals surface area contributed by atoms with Crippen LogP contribution in [0.2, 0.25) is 0 Å². The molecule has 1 aromatic heterocycles. The van der Waals surface area contributed by atoms with Crippen molar-refractivity contribution in [1.29, 1.82) is 0 Å². The van der Waals surface area contributed by atoms with E-state index in [2.05, 4.69) is 17.2 Å². The fourth-order valence-electron chi connectivity index (χ4n) is 2.35. The van der Waals surface area contributed by atoms with Gasteiger partial charge in [-0.15, -0.1) is 0 Å². The molecule has 2 rings (SSSR count). The van der Waals surface area contributed by atoms with Crippen LogP contribution in [-0.4, -0.2) is 11.5 Å². The van der Waals surface area contributed by atoms with E-state index >= 15 is 0 Å². The van der Waals surface area contributed by atoms with Gasteiger partial charge in [0.05, 0.1) is 0 Å². The number of pyridine rings is 1. The Bertz CT molecular complexity index is 599. The summed E-state index contributed by atoms with van der Waals surface area (Å²) in [5, 5.41) is 3.45. The van der Waals surface area contributed by atoms with Crippen LogP contribution in [0, 0.1) is 18.6 Å². The molecule has 1 unspecified atom stereocenters. The van der Waals surface area contributed by atoms with Gasteiger partial charge in [-0.1, -0.05) is 13.0 Å². The van der Waals surface area contributed by atoms with Crippen LogP contribution in [0.4, 0.5) is 8.78 Å².